The molecular weight excluding hydrogens is 240 g/mol. The average Bonchev–Trinajstić information content (AvgIpc) is 2.42. The Balaban J connectivity index is 2.13. The quantitative estimate of drug-likeness (QED) is 0.888. The first kappa shape index (κ1) is 13.6. The molecule has 1 saturated heterocycles. The Morgan fingerprint density at radius 1 is 1.32 bits per heavy atom. The monoisotopic (exact) mass is 260 g/mol. The normalized spacial score (nSPS) is 21.2. The maximum atomic E-state index is 12.1. The van der Waals surface area contributed by atoms with E-state index in [9.17, 15) is 9.59 Å². The molecule has 4 heteroatoms. The van der Waals surface area contributed by atoms with Crippen LogP contribution in [0.25, 0.3) is 0 Å². The third kappa shape index (κ3) is 2.95. The smallest absolute Gasteiger partial charge is 0.243 e. The van der Waals surface area contributed by atoms with Crippen LogP contribution in [-0.4, -0.2) is 35.3 Å². The van der Waals surface area contributed by atoms with Crippen LogP contribution in [0.15, 0.2) is 30.3 Å². The van der Waals surface area contributed by atoms with Gasteiger partial charge in [-0.3, -0.25) is 9.59 Å². The van der Waals surface area contributed by atoms with Crippen LogP contribution < -0.4 is 5.32 Å². The molecule has 2 rings (SSSR count). The summed E-state index contributed by atoms with van der Waals surface area (Å²) in [4.78, 5) is 25.6. The van der Waals surface area contributed by atoms with Gasteiger partial charge in [-0.1, -0.05) is 37.3 Å². The molecule has 0 spiro atoms. The molecule has 1 aliphatic heterocycles. The van der Waals surface area contributed by atoms with Crippen LogP contribution in [0.2, 0.25) is 0 Å². The SMILES string of the molecule is CCC1C(=O)NCC(=O)N1C(C)Cc1ccccc1. The van der Waals surface area contributed by atoms with Crippen molar-refractivity contribution in [2.45, 2.75) is 38.8 Å². The Morgan fingerprint density at radius 2 is 2.00 bits per heavy atom. The highest BCUT2D eigenvalue weighted by Crippen LogP contribution is 2.17. The van der Waals surface area contributed by atoms with Gasteiger partial charge in [0.1, 0.15) is 6.04 Å². The van der Waals surface area contributed by atoms with E-state index < -0.39 is 0 Å². The van der Waals surface area contributed by atoms with E-state index in [2.05, 4.69) is 5.32 Å². The van der Waals surface area contributed by atoms with E-state index in [1.165, 1.54) is 5.56 Å². The predicted octanol–water partition coefficient (Wildman–Crippen LogP) is 1.35. The van der Waals surface area contributed by atoms with E-state index in [0.717, 1.165) is 6.42 Å². The van der Waals surface area contributed by atoms with Crippen LogP contribution >= 0.6 is 0 Å². The molecule has 1 aromatic carbocycles. The third-order valence-electron chi connectivity index (χ3n) is 3.58. The lowest BCUT2D eigenvalue weighted by molar-refractivity contribution is -0.148. The largest absolute Gasteiger partial charge is 0.345 e. The molecule has 4 nitrogen and oxygen atoms in total. The van der Waals surface area contributed by atoms with Crippen LogP contribution in [0.3, 0.4) is 0 Å². The van der Waals surface area contributed by atoms with Crippen molar-refractivity contribution in [3.8, 4) is 0 Å². The minimum absolute atomic E-state index is 0.00915. The second-order valence-electron chi connectivity index (χ2n) is 4.98. The van der Waals surface area contributed by atoms with Crippen molar-refractivity contribution in [1.82, 2.24) is 10.2 Å². The highest BCUT2D eigenvalue weighted by Gasteiger charge is 2.35. The van der Waals surface area contributed by atoms with Gasteiger partial charge in [0.25, 0.3) is 0 Å². The van der Waals surface area contributed by atoms with Crippen molar-refractivity contribution in [1.29, 1.82) is 0 Å². The third-order valence-corrected chi connectivity index (χ3v) is 3.58. The molecule has 0 bridgehead atoms. The second kappa shape index (κ2) is 5.87. The van der Waals surface area contributed by atoms with E-state index >= 15 is 0 Å². The van der Waals surface area contributed by atoms with Crippen molar-refractivity contribution < 1.29 is 9.59 Å². The van der Waals surface area contributed by atoms with Crippen LogP contribution in [0.5, 0.6) is 0 Å². The topological polar surface area (TPSA) is 49.4 Å². The van der Waals surface area contributed by atoms with Gasteiger partial charge in [-0.05, 0) is 25.3 Å². The summed E-state index contributed by atoms with van der Waals surface area (Å²) in [6.07, 6.45) is 1.42. The van der Waals surface area contributed by atoms with Crippen molar-refractivity contribution in [3.05, 3.63) is 35.9 Å². The van der Waals surface area contributed by atoms with Gasteiger partial charge in [-0.25, -0.2) is 0 Å². The van der Waals surface area contributed by atoms with E-state index in [4.69, 9.17) is 0 Å². The first-order chi connectivity index (χ1) is 9.13. The summed E-state index contributed by atoms with van der Waals surface area (Å²) in [5.41, 5.74) is 1.18. The molecule has 1 N–H and O–H groups in total. The molecule has 19 heavy (non-hydrogen) atoms. The van der Waals surface area contributed by atoms with Crippen LogP contribution in [0, 0.1) is 0 Å². The minimum atomic E-state index is -0.333. The lowest BCUT2D eigenvalue weighted by Gasteiger charge is -2.38. The van der Waals surface area contributed by atoms with E-state index in [1.807, 2.05) is 44.2 Å². The van der Waals surface area contributed by atoms with Gasteiger partial charge in [0.05, 0.1) is 6.54 Å². The van der Waals surface area contributed by atoms with Crippen molar-refractivity contribution >= 4 is 11.8 Å². The molecule has 1 aliphatic rings. The Labute approximate surface area is 113 Å². The number of carbonyl (C=O) groups is 2. The lowest BCUT2D eigenvalue weighted by Crippen LogP contribution is -2.61. The summed E-state index contributed by atoms with van der Waals surface area (Å²) >= 11 is 0. The number of carbonyl (C=O) groups excluding carboxylic acids is 2. The van der Waals surface area contributed by atoms with Gasteiger partial charge < -0.3 is 10.2 Å². The molecule has 1 heterocycles. The number of nitrogens with zero attached hydrogens (tertiary/aromatic N) is 1. The van der Waals surface area contributed by atoms with E-state index in [0.29, 0.717) is 6.42 Å². The first-order valence-corrected chi connectivity index (χ1v) is 6.76. The number of hydrogen-bond donors (Lipinski definition) is 1. The zero-order valence-electron chi connectivity index (χ0n) is 11.4. The fraction of sp³-hybridized carbons (Fsp3) is 0.467. The van der Waals surface area contributed by atoms with Gasteiger partial charge in [0.15, 0.2) is 0 Å². The van der Waals surface area contributed by atoms with Gasteiger partial charge in [0.2, 0.25) is 11.8 Å². The van der Waals surface area contributed by atoms with Crippen molar-refractivity contribution in [2.24, 2.45) is 0 Å². The second-order valence-corrected chi connectivity index (χ2v) is 4.98. The number of amides is 2. The van der Waals surface area contributed by atoms with Crippen LogP contribution in [0.1, 0.15) is 25.8 Å². The molecule has 2 unspecified atom stereocenters. The highest BCUT2D eigenvalue weighted by molar-refractivity contribution is 5.94. The molecule has 102 valence electrons. The zero-order valence-corrected chi connectivity index (χ0v) is 11.4. The summed E-state index contributed by atoms with van der Waals surface area (Å²) in [5, 5.41) is 2.65. The van der Waals surface area contributed by atoms with Gasteiger partial charge in [0, 0.05) is 6.04 Å². The van der Waals surface area contributed by atoms with Gasteiger partial charge in [-0.15, -0.1) is 0 Å². The minimum Gasteiger partial charge on any atom is -0.345 e. The molecule has 1 aromatic rings. The van der Waals surface area contributed by atoms with E-state index in [-0.39, 0.29) is 30.4 Å². The first-order valence-electron chi connectivity index (χ1n) is 6.76. The zero-order chi connectivity index (χ0) is 13.8. The van der Waals surface area contributed by atoms with Crippen LogP contribution in [0.4, 0.5) is 0 Å². The molecule has 2 atom stereocenters. The maximum absolute atomic E-state index is 12.1. The number of piperazine rings is 1. The Kier molecular flexibility index (Phi) is 4.20. The van der Waals surface area contributed by atoms with Crippen molar-refractivity contribution in [2.75, 3.05) is 6.54 Å². The number of benzene rings is 1. The average molecular weight is 260 g/mol. The van der Waals surface area contributed by atoms with Gasteiger partial charge in [-0.2, -0.15) is 0 Å². The lowest BCUT2D eigenvalue weighted by atomic mass is 10.0. The predicted molar refractivity (Wildman–Crippen MR) is 73.5 cm³/mol. The number of rotatable bonds is 4. The number of hydrogen-bond acceptors (Lipinski definition) is 2. The van der Waals surface area contributed by atoms with Crippen LogP contribution in [-0.2, 0) is 16.0 Å². The maximum Gasteiger partial charge on any atom is 0.243 e. The van der Waals surface area contributed by atoms with E-state index in [1.54, 1.807) is 4.90 Å². The molecule has 0 aromatic heterocycles. The van der Waals surface area contributed by atoms with Crippen molar-refractivity contribution in [3.63, 3.8) is 0 Å². The fourth-order valence-electron chi connectivity index (χ4n) is 2.66. The Hall–Kier alpha value is -1.84. The standard InChI is InChI=1S/C15H20N2O2/c1-3-13-15(19)16-10-14(18)17(13)11(2)9-12-7-5-4-6-8-12/h4-8,11,13H,3,9-10H2,1-2H3,(H,16,19). The molecule has 0 radical (unpaired) electrons. The molecule has 1 fully saturated rings. The molecular formula is C15H20N2O2. The Morgan fingerprint density at radius 3 is 2.63 bits per heavy atom. The highest BCUT2D eigenvalue weighted by atomic mass is 16.2. The summed E-state index contributed by atoms with van der Waals surface area (Å²) in [6.45, 7) is 4.06. The Bertz CT molecular complexity index is 458. The summed E-state index contributed by atoms with van der Waals surface area (Å²) in [6, 6.07) is 9.75. The fourth-order valence-corrected chi connectivity index (χ4v) is 2.66. The molecule has 2 amide bonds. The summed E-state index contributed by atoms with van der Waals surface area (Å²) < 4.78 is 0. The summed E-state index contributed by atoms with van der Waals surface area (Å²) in [7, 11) is 0. The van der Waals surface area contributed by atoms with Gasteiger partial charge >= 0.3 is 0 Å². The number of nitrogens with one attached hydrogen (secondary N) is 1. The molecule has 0 saturated carbocycles. The molecule has 0 aliphatic carbocycles. The summed E-state index contributed by atoms with van der Waals surface area (Å²) in [5.74, 6) is -0.0307.